The number of amides is 1. The van der Waals surface area contributed by atoms with Crippen molar-refractivity contribution in [2.24, 2.45) is 5.92 Å². The topological polar surface area (TPSA) is 20.3 Å². The highest BCUT2D eigenvalue weighted by molar-refractivity contribution is 9.10. The van der Waals surface area contributed by atoms with Crippen molar-refractivity contribution < 1.29 is 4.79 Å². The first kappa shape index (κ1) is 15.9. The summed E-state index contributed by atoms with van der Waals surface area (Å²) in [5, 5.41) is 0. The van der Waals surface area contributed by atoms with Crippen molar-refractivity contribution in [2.75, 3.05) is 6.54 Å². The van der Waals surface area contributed by atoms with E-state index in [9.17, 15) is 4.79 Å². The van der Waals surface area contributed by atoms with Crippen LogP contribution >= 0.6 is 28.6 Å². The highest BCUT2D eigenvalue weighted by Gasteiger charge is 2.28. The minimum absolute atomic E-state index is 0.128. The summed E-state index contributed by atoms with van der Waals surface area (Å²) in [6.07, 6.45) is 4.75. The zero-order valence-electron chi connectivity index (χ0n) is 12.1. The van der Waals surface area contributed by atoms with E-state index in [1.807, 2.05) is 18.2 Å². The largest absolute Gasteiger partial charge is 0.335 e. The van der Waals surface area contributed by atoms with Gasteiger partial charge in [-0.1, -0.05) is 42.6 Å². The maximum absolute atomic E-state index is 12.9. The molecule has 0 aliphatic heterocycles. The zero-order chi connectivity index (χ0) is 14.7. The van der Waals surface area contributed by atoms with Crippen LogP contribution in [0.2, 0.25) is 0 Å². The van der Waals surface area contributed by atoms with Gasteiger partial charge >= 0.3 is 0 Å². The van der Waals surface area contributed by atoms with Gasteiger partial charge in [-0.05, 0) is 37.0 Å². The first-order chi connectivity index (χ1) is 9.49. The average molecular weight is 356 g/mol. The Morgan fingerprint density at radius 2 is 2.05 bits per heavy atom. The summed E-state index contributed by atoms with van der Waals surface area (Å²) < 4.78 is 0.954. The summed E-state index contributed by atoms with van der Waals surface area (Å²) in [6.45, 7) is 5.16. The second-order valence-electron chi connectivity index (χ2n) is 5.95. The van der Waals surface area contributed by atoms with Gasteiger partial charge in [0, 0.05) is 22.0 Å². The van der Waals surface area contributed by atoms with E-state index in [0.29, 0.717) is 17.5 Å². The predicted octanol–water partition coefficient (Wildman–Crippen LogP) is 4.78. The molecule has 0 unspecified atom stereocenters. The molecule has 1 aliphatic rings. The van der Waals surface area contributed by atoms with Gasteiger partial charge < -0.3 is 4.90 Å². The molecule has 1 aromatic rings. The van der Waals surface area contributed by atoms with Crippen LogP contribution in [0.3, 0.4) is 0 Å². The summed E-state index contributed by atoms with van der Waals surface area (Å²) in [6, 6.07) is 6.08. The number of hydrogen-bond acceptors (Lipinski definition) is 2. The maximum atomic E-state index is 12.9. The fourth-order valence-corrected chi connectivity index (χ4v) is 3.69. The first-order valence-corrected chi connectivity index (χ1v) is 8.52. The van der Waals surface area contributed by atoms with E-state index in [2.05, 4.69) is 47.3 Å². The van der Waals surface area contributed by atoms with Gasteiger partial charge in [0.2, 0.25) is 0 Å². The number of halogens is 1. The number of rotatable bonds is 4. The van der Waals surface area contributed by atoms with Crippen LogP contribution in [0.4, 0.5) is 0 Å². The van der Waals surface area contributed by atoms with Crippen molar-refractivity contribution in [3.8, 4) is 0 Å². The Kier molecular flexibility index (Phi) is 5.56. The van der Waals surface area contributed by atoms with Gasteiger partial charge in [0.05, 0.1) is 5.56 Å². The highest BCUT2D eigenvalue weighted by Crippen LogP contribution is 2.28. The molecule has 1 fully saturated rings. The van der Waals surface area contributed by atoms with Crippen molar-refractivity contribution in [1.29, 1.82) is 0 Å². The van der Waals surface area contributed by atoms with Gasteiger partial charge in [-0.25, -0.2) is 0 Å². The van der Waals surface area contributed by atoms with E-state index >= 15 is 0 Å². The number of hydrogen-bond donors (Lipinski definition) is 1. The molecule has 20 heavy (non-hydrogen) atoms. The van der Waals surface area contributed by atoms with Crippen LogP contribution in [0.25, 0.3) is 0 Å². The summed E-state index contributed by atoms with van der Waals surface area (Å²) in [5.74, 6) is 0.612. The molecule has 1 saturated carbocycles. The molecule has 0 N–H and O–H groups in total. The van der Waals surface area contributed by atoms with Crippen LogP contribution in [-0.2, 0) is 0 Å². The number of benzene rings is 1. The monoisotopic (exact) mass is 355 g/mol. The highest BCUT2D eigenvalue weighted by atomic mass is 79.9. The van der Waals surface area contributed by atoms with Crippen molar-refractivity contribution in [3.05, 3.63) is 28.2 Å². The lowest BCUT2D eigenvalue weighted by Gasteiger charge is -2.31. The quantitative estimate of drug-likeness (QED) is 0.770. The van der Waals surface area contributed by atoms with E-state index in [4.69, 9.17) is 0 Å². The molecule has 0 radical (unpaired) electrons. The van der Waals surface area contributed by atoms with Gasteiger partial charge in [0.1, 0.15) is 0 Å². The van der Waals surface area contributed by atoms with Gasteiger partial charge in [0.15, 0.2) is 0 Å². The minimum atomic E-state index is 0.128. The number of nitrogens with zero attached hydrogens (tertiary/aromatic N) is 1. The summed E-state index contributed by atoms with van der Waals surface area (Å²) >= 11 is 7.87. The van der Waals surface area contributed by atoms with Gasteiger partial charge in [-0.15, -0.1) is 12.6 Å². The lowest BCUT2D eigenvalue weighted by molar-refractivity contribution is 0.0652. The predicted molar refractivity (Wildman–Crippen MR) is 89.5 cm³/mol. The molecule has 4 heteroatoms. The molecule has 1 amide bonds. The molecule has 1 aromatic carbocycles. The van der Waals surface area contributed by atoms with Crippen LogP contribution in [0.15, 0.2) is 27.6 Å². The Morgan fingerprint density at radius 1 is 1.40 bits per heavy atom. The molecule has 1 aliphatic carbocycles. The number of carbonyl (C=O) groups is 1. The summed E-state index contributed by atoms with van der Waals surface area (Å²) in [7, 11) is 0. The Morgan fingerprint density at radius 3 is 2.60 bits per heavy atom. The molecule has 110 valence electrons. The van der Waals surface area contributed by atoms with E-state index in [0.717, 1.165) is 28.8 Å². The van der Waals surface area contributed by atoms with Crippen molar-refractivity contribution in [3.63, 3.8) is 0 Å². The van der Waals surface area contributed by atoms with Gasteiger partial charge in [-0.3, -0.25) is 4.79 Å². The standard InChI is InChI=1S/C16H22BrNOS/c1-11(2)10-18(13-5-3-4-6-13)16(19)14-8-7-12(17)9-15(14)20/h7-9,11,13,20H,3-6,10H2,1-2H3. The minimum Gasteiger partial charge on any atom is -0.335 e. The molecule has 0 saturated heterocycles. The third-order valence-corrected chi connectivity index (χ3v) is 4.64. The van der Waals surface area contributed by atoms with Crippen LogP contribution in [0, 0.1) is 5.92 Å². The van der Waals surface area contributed by atoms with Crippen molar-refractivity contribution in [1.82, 2.24) is 4.90 Å². The van der Waals surface area contributed by atoms with E-state index in [1.165, 1.54) is 12.8 Å². The molecule has 0 heterocycles. The molecule has 0 spiro atoms. The number of carbonyl (C=O) groups excluding carboxylic acids is 1. The smallest absolute Gasteiger partial charge is 0.255 e. The first-order valence-electron chi connectivity index (χ1n) is 7.28. The third kappa shape index (κ3) is 3.79. The Balaban J connectivity index is 2.24. The number of thiol groups is 1. The third-order valence-electron chi connectivity index (χ3n) is 3.78. The molecule has 2 rings (SSSR count). The molecule has 0 bridgehead atoms. The van der Waals surface area contributed by atoms with Crippen LogP contribution in [-0.4, -0.2) is 23.4 Å². The van der Waals surface area contributed by atoms with Crippen LogP contribution in [0.5, 0.6) is 0 Å². The van der Waals surface area contributed by atoms with Gasteiger partial charge in [0.25, 0.3) is 5.91 Å². The summed E-state index contributed by atoms with van der Waals surface area (Å²) in [5.41, 5.74) is 0.712. The molecule has 0 aromatic heterocycles. The average Bonchev–Trinajstić information content (AvgIpc) is 2.88. The molecular formula is C16H22BrNOS. The molecule has 0 atom stereocenters. The van der Waals surface area contributed by atoms with E-state index in [-0.39, 0.29) is 5.91 Å². The SMILES string of the molecule is CC(C)CN(C(=O)c1ccc(Br)cc1S)C1CCCC1. The summed E-state index contributed by atoms with van der Waals surface area (Å²) in [4.78, 5) is 15.7. The van der Waals surface area contributed by atoms with Crippen LogP contribution < -0.4 is 0 Å². The van der Waals surface area contributed by atoms with Crippen molar-refractivity contribution >= 4 is 34.5 Å². The van der Waals surface area contributed by atoms with Gasteiger partial charge in [-0.2, -0.15) is 0 Å². The fraction of sp³-hybridized carbons (Fsp3) is 0.562. The Bertz CT molecular complexity index is 483. The van der Waals surface area contributed by atoms with E-state index < -0.39 is 0 Å². The van der Waals surface area contributed by atoms with Crippen LogP contribution in [0.1, 0.15) is 49.9 Å². The second-order valence-corrected chi connectivity index (χ2v) is 7.35. The lowest BCUT2D eigenvalue weighted by Crippen LogP contribution is -2.41. The Hall–Kier alpha value is -0.480. The molecule has 2 nitrogen and oxygen atoms in total. The lowest BCUT2D eigenvalue weighted by atomic mass is 10.1. The zero-order valence-corrected chi connectivity index (χ0v) is 14.6. The normalized spacial score (nSPS) is 15.8. The Labute approximate surface area is 135 Å². The molecular weight excluding hydrogens is 334 g/mol. The van der Waals surface area contributed by atoms with Crippen molar-refractivity contribution in [2.45, 2.75) is 50.5 Å². The fourth-order valence-electron chi connectivity index (χ4n) is 2.85. The maximum Gasteiger partial charge on any atom is 0.255 e. The second kappa shape index (κ2) is 6.99. The van der Waals surface area contributed by atoms with E-state index in [1.54, 1.807) is 0 Å².